The molecular weight excluding hydrogens is 224 g/mol. The molecule has 1 rings (SSSR count). The largest absolute Gasteiger partial charge is 0.479 e. The number of morpholine rings is 1. The molecule has 1 fully saturated rings. The Bertz CT molecular complexity index is 323. The summed E-state index contributed by atoms with van der Waals surface area (Å²) < 4.78 is 5.03. The Balaban J connectivity index is 2.41. The minimum Gasteiger partial charge on any atom is -0.479 e. The Labute approximate surface area is 100 Å². The topological polar surface area (TPSA) is 78.9 Å². The third-order valence-corrected chi connectivity index (χ3v) is 2.39. The van der Waals surface area contributed by atoms with Gasteiger partial charge >= 0.3 is 12.0 Å². The second-order valence-electron chi connectivity index (χ2n) is 4.11. The molecule has 0 bridgehead atoms. The normalized spacial score (nSPS) is 19.6. The molecule has 0 saturated carbocycles. The summed E-state index contributed by atoms with van der Waals surface area (Å²) in [6.07, 6.45) is 0.977. The lowest BCUT2D eigenvalue weighted by molar-refractivity contribution is -0.154. The molecule has 0 aliphatic carbocycles. The van der Waals surface area contributed by atoms with Crippen molar-refractivity contribution in [1.82, 2.24) is 10.2 Å². The van der Waals surface area contributed by atoms with E-state index in [0.717, 1.165) is 5.57 Å². The Hall–Kier alpha value is -1.56. The average Bonchev–Trinajstić information content (AvgIpc) is 2.28. The summed E-state index contributed by atoms with van der Waals surface area (Å²) >= 11 is 0. The molecule has 0 aromatic heterocycles. The number of aliphatic carboxylic acids is 1. The first-order chi connectivity index (χ1) is 8.00. The Morgan fingerprint density at radius 3 is 2.82 bits per heavy atom. The highest BCUT2D eigenvalue weighted by atomic mass is 16.5. The monoisotopic (exact) mass is 242 g/mol. The highest BCUT2D eigenvalue weighted by Gasteiger charge is 2.28. The van der Waals surface area contributed by atoms with Gasteiger partial charge in [-0.15, -0.1) is 0 Å². The maximum absolute atomic E-state index is 11.7. The third-order valence-electron chi connectivity index (χ3n) is 2.39. The predicted octanol–water partition coefficient (Wildman–Crippen LogP) is 0.448. The van der Waals surface area contributed by atoms with Gasteiger partial charge in [-0.25, -0.2) is 9.59 Å². The molecule has 0 spiro atoms. The number of carbonyl (C=O) groups is 2. The van der Waals surface area contributed by atoms with Gasteiger partial charge in [-0.1, -0.05) is 11.6 Å². The molecule has 0 aromatic rings. The van der Waals surface area contributed by atoms with Crippen LogP contribution in [0.4, 0.5) is 4.79 Å². The van der Waals surface area contributed by atoms with Gasteiger partial charge in [0.15, 0.2) is 6.10 Å². The van der Waals surface area contributed by atoms with Crippen LogP contribution >= 0.6 is 0 Å². The fraction of sp³-hybridized carbons (Fsp3) is 0.636. The standard InChI is InChI=1S/C11H18N2O4/c1-8(2)3-4-12-11(16)13-5-6-17-9(7-13)10(14)15/h3,9H,4-7H2,1-2H3,(H,12,16)(H,14,15). The van der Waals surface area contributed by atoms with Crippen molar-refractivity contribution in [2.75, 3.05) is 26.2 Å². The van der Waals surface area contributed by atoms with Gasteiger partial charge in [0.05, 0.1) is 13.2 Å². The van der Waals surface area contributed by atoms with Gasteiger partial charge < -0.3 is 20.1 Å². The Morgan fingerprint density at radius 1 is 1.53 bits per heavy atom. The van der Waals surface area contributed by atoms with Crippen molar-refractivity contribution in [1.29, 1.82) is 0 Å². The molecule has 6 nitrogen and oxygen atoms in total. The van der Waals surface area contributed by atoms with Crippen molar-refractivity contribution in [2.45, 2.75) is 20.0 Å². The Kier molecular flexibility index (Phi) is 4.96. The minimum atomic E-state index is -1.04. The summed E-state index contributed by atoms with van der Waals surface area (Å²) in [5.74, 6) is -1.04. The van der Waals surface area contributed by atoms with Crippen molar-refractivity contribution in [3.63, 3.8) is 0 Å². The van der Waals surface area contributed by atoms with E-state index in [-0.39, 0.29) is 19.2 Å². The van der Waals surface area contributed by atoms with E-state index >= 15 is 0 Å². The van der Waals surface area contributed by atoms with Crippen molar-refractivity contribution in [3.05, 3.63) is 11.6 Å². The van der Waals surface area contributed by atoms with E-state index in [2.05, 4.69) is 5.32 Å². The summed E-state index contributed by atoms with van der Waals surface area (Å²) in [7, 11) is 0. The molecule has 1 atom stereocenters. The lowest BCUT2D eigenvalue weighted by Crippen LogP contribution is -2.51. The molecule has 17 heavy (non-hydrogen) atoms. The van der Waals surface area contributed by atoms with Crippen molar-refractivity contribution >= 4 is 12.0 Å². The van der Waals surface area contributed by atoms with E-state index in [1.165, 1.54) is 4.90 Å². The first-order valence-corrected chi connectivity index (χ1v) is 5.51. The van der Waals surface area contributed by atoms with Crippen molar-refractivity contribution in [3.8, 4) is 0 Å². The van der Waals surface area contributed by atoms with Gasteiger partial charge in [0.2, 0.25) is 0 Å². The lowest BCUT2D eigenvalue weighted by atomic mass is 10.3. The zero-order valence-electron chi connectivity index (χ0n) is 10.1. The number of carboxylic acids is 1. The number of hydrogen-bond donors (Lipinski definition) is 2. The van der Waals surface area contributed by atoms with Crippen LogP contribution in [-0.2, 0) is 9.53 Å². The summed E-state index contributed by atoms with van der Waals surface area (Å²) in [6, 6.07) is -0.253. The SMILES string of the molecule is CC(C)=CCNC(=O)N1CCOC(C(=O)O)C1. The number of carbonyl (C=O) groups excluding carboxylic acids is 1. The van der Waals surface area contributed by atoms with Crippen LogP contribution in [0.15, 0.2) is 11.6 Å². The van der Waals surface area contributed by atoms with E-state index in [1.807, 2.05) is 19.9 Å². The highest BCUT2D eigenvalue weighted by molar-refractivity contribution is 5.77. The number of ether oxygens (including phenoxy) is 1. The Morgan fingerprint density at radius 2 is 2.24 bits per heavy atom. The van der Waals surface area contributed by atoms with Gasteiger partial charge in [-0.05, 0) is 13.8 Å². The molecule has 1 unspecified atom stereocenters. The molecule has 0 aromatic carbocycles. The van der Waals surface area contributed by atoms with E-state index < -0.39 is 12.1 Å². The van der Waals surface area contributed by atoms with Crippen LogP contribution in [0.3, 0.4) is 0 Å². The van der Waals surface area contributed by atoms with Crippen LogP contribution in [0.1, 0.15) is 13.8 Å². The lowest BCUT2D eigenvalue weighted by Gasteiger charge is -2.30. The molecule has 0 radical (unpaired) electrons. The number of carboxylic acid groups (broad SMARTS) is 1. The zero-order chi connectivity index (χ0) is 12.8. The first kappa shape index (κ1) is 13.5. The fourth-order valence-corrected chi connectivity index (χ4v) is 1.44. The summed E-state index contributed by atoms with van der Waals surface area (Å²) in [4.78, 5) is 23.9. The maximum Gasteiger partial charge on any atom is 0.334 e. The van der Waals surface area contributed by atoms with Gasteiger partial charge in [-0.2, -0.15) is 0 Å². The van der Waals surface area contributed by atoms with E-state index in [0.29, 0.717) is 13.1 Å². The third kappa shape index (κ3) is 4.44. The van der Waals surface area contributed by atoms with Crippen molar-refractivity contribution < 1.29 is 19.4 Å². The first-order valence-electron chi connectivity index (χ1n) is 5.51. The van der Waals surface area contributed by atoms with Crippen LogP contribution in [-0.4, -0.2) is 54.4 Å². The number of hydrogen-bond acceptors (Lipinski definition) is 3. The fourth-order valence-electron chi connectivity index (χ4n) is 1.44. The van der Waals surface area contributed by atoms with Gasteiger partial charge in [0, 0.05) is 13.1 Å². The van der Waals surface area contributed by atoms with Crippen LogP contribution < -0.4 is 5.32 Å². The number of nitrogens with zero attached hydrogens (tertiary/aromatic N) is 1. The smallest absolute Gasteiger partial charge is 0.334 e. The maximum atomic E-state index is 11.7. The molecule has 2 amide bonds. The van der Waals surface area contributed by atoms with E-state index in [9.17, 15) is 9.59 Å². The van der Waals surface area contributed by atoms with Gasteiger partial charge in [0.1, 0.15) is 0 Å². The van der Waals surface area contributed by atoms with Crippen LogP contribution in [0.2, 0.25) is 0 Å². The van der Waals surface area contributed by atoms with Crippen molar-refractivity contribution in [2.24, 2.45) is 0 Å². The number of amides is 2. The van der Waals surface area contributed by atoms with Gasteiger partial charge in [-0.3, -0.25) is 0 Å². The molecule has 1 heterocycles. The van der Waals surface area contributed by atoms with Crippen LogP contribution in [0.5, 0.6) is 0 Å². The summed E-state index contributed by atoms with van der Waals surface area (Å²) in [5, 5.41) is 11.5. The second kappa shape index (κ2) is 6.24. The van der Waals surface area contributed by atoms with E-state index in [4.69, 9.17) is 9.84 Å². The molecule has 96 valence electrons. The summed E-state index contributed by atoms with van der Waals surface area (Å²) in [6.45, 7) is 5.12. The molecular formula is C11H18N2O4. The second-order valence-corrected chi connectivity index (χ2v) is 4.11. The molecule has 1 aliphatic rings. The number of urea groups is 1. The molecule has 2 N–H and O–H groups in total. The average molecular weight is 242 g/mol. The number of allylic oxidation sites excluding steroid dienone is 1. The molecule has 6 heteroatoms. The zero-order valence-corrected chi connectivity index (χ0v) is 10.1. The van der Waals surface area contributed by atoms with Gasteiger partial charge in [0.25, 0.3) is 0 Å². The van der Waals surface area contributed by atoms with Crippen LogP contribution in [0, 0.1) is 0 Å². The van der Waals surface area contributed by atoms with E-state index in [1.54, 1.807) is 0 Å². The molecule has 1 aliphatic heterocycles. The highest BCUT2D eigenvalue weighted by Crippen LogP contribution is 2.05. The number of nitrogens with one attached hydrogen (secondary N) is 1. The molecule has 1 saturated heterocycles. The predicted molar refractivity (Wildman–Crippen MR) is 61.8 cm³/mol. The minimum absolute atomic E-state index is 0.0932. The van der Waals surface area contributed by atoms with Crippen LogP contribution in [0.25, 0.3) is 0 Å². The quantitative estimate of drug-likeness (QED) is 0.704. The number of rotatable bonds is 3. The summed E-state index contributed by atoms with van der Waals surface area (Å²) in [5.41, 5.74) is 1.12.